The summed E-state index contributed by atoms with van der Waals surface area (Å²) in [6.07, 6.45) is -4.15. The third-order valence-corrected chi connectivity index (χ3v) is 2.99. The molecule has 2 rings (SSSR count). The Kier molecular flexibility index (Phi) is 4.17. The number of nitrogens with two attached hydrogens (primary N) is 1. The van der Waals surface area contributed by atoms with Crippen LogP contribution in [0.5, 0.6) is 0 Å². The molecule has 1 aromatic heterocycles. The molecule has 0 amide bonds. The van der Waals surface area contributed by atoms with E-state index in [1.54, 1.807) is 0 Å². The van der Waals surface area contributed by atoms with Crippen molar-refractivity contribution in [2.24, 2.45) is 0 Å². The van der Waals surface area contributed by atoms with Crippen molar-refractivity contribution in [1.29, 1.82) is 0 Å². The van der Waals surface area contributed by atoms with Gasteiger partial charge in [-0.25, -0.2) is 0 Å². The Labute approximate surface area is 118 Å². The summed E-state index contributed by atoms with van der Waals surface area (Å²) in [4.78, 5) is 4.11. The minimum absolute atomic E-state index is 0.0618. The van der Waals surface area contributed by atoms with E-state index in [0.29, 0.717) is 12.2 Å². The molecule has 0 fully saturated rings. The number of hydrogen-bond donors (Lipinski definition) is 1. The van der Waals surface area contributed by atoms with E-state index in [-0.39, 0.29) is 23.2 Å². The van der Waals surface area contributed by atoms with Gasteiger partial charge in [0.05, 0.1) is 11.1 Å². The molecule has 21 heavy (non-hydrogen) atoms. The Morgan fingerprint density at radius 3 is 2.62 bits per heavy atom. The molecule has 2 aromatic rings. The van der Waals surface area contributed by atoms with E-state index in [2.05, 4.69) is 10.1 Å². The Morgan fingerprint density at radius 2 is 2.10 bits per heavy atom. The van der Waals surface area contributed by atoms with Crippen LogP contribution in [0.3, 0.4) is 0 Å². The predicted octanol–water partition coefficient (Wildman–Crippen LogP) is 3.44. The number of nitrogen functional groups attached to an aromatic ring is 1. The van der Waals surface area contributed by atoms with Crippen LogP contribution in [0.4, 0.5) is 18.9 Å². The Hall–Kier alpha value is -2.09. The SMILES string of the molecule is CCC(OC)c1noc(-c2ccc(C(F)(F)F)cc2N)n1. The zero-order valence-corrected chi connectivity index (χ0v) is 11.4. The normalized spacial score (nSPS) is 13.4. The van der Waals surface area contributed by atoms with E-state index in [0.717, 1.165) is 12.1 Å². The first kappa shape index (κ1) is 15.3. The second-order valence-corrected chi connectivity index (χ2v) is 4.39. The van der Waals surface area contributed by atoms with Crippen molar-refractivity contribution in [1.82, 2.24) is 10.1 Å². The molecule has 5 nitrogen and oxygen atoms in total. The standard InChI is InChI=1S/C13H14F3N3O2/c1-3-10(20-2)11-18-12(21-19-11)8-5-4-7(6-9(8)17)13(14,15)16/h4-6,10H,3,17H2,1-2H3. The van der Waals surface area contributed by atoms with Crippen LogP contribution < -0.4 is 5.73 Å². The lowest BCUT2D eigenvalue weighted by atomic mass is 10.1. The van der Waals surface area contributed by atoms with Gasteiger partial charge in [0.2, 0.25) is 5.82 Å². The van der Waals surface area contributed by atoms with Crippen molar-refractivity contribution < 1.29 is 22.4 Å². The Bertz CT molecular complexity index is 621. The summed E-state index contributed by atoms with van der Waals surface area (Å²) in [6.45, 7) is 1.89. The largest absolute Gasteiger partial charge is 0.416 e. The van der Waals surface area contributed by atoms with Gasteiger partial charge in [-0.2, -0.15) is 18.2 Å². The molecule has 1 unspecified atom stereocenters. The predicted molar refractivity (Wildman–Crippen MR) is 69.2 cm³/mol. The second-order valence-electron chi connectivity index (χ2n) is 4.39. The zero-order valence-electron chi connectivity index (χ0n) is 11.4. The smallest absolute Gasteiger partial charge is 0.398 e. The number of anilines is 1. The van der Waals surface area contributed by atoms with Gasteiger partial charge in [0, 0.05) is 12.8 Å². The quantitative estimate of drug-likeness (QED) is 0.876. The maximum atomic E-state index is 12.6. The number of aromatic nitrogens is 2. The van der Waals surface area contributed by atoms with Gasteiger partial charge in [0.15, 0.2) is 0 Å². The molecule has 1 heterocycles. The van der Waals surface area contributed by atoms with Crippen LogP contribution in [0.25, 0.3) is 11.5 Å². The van der Waals surface area contributed by atoms with Crippen LogP contribution >= 0.6 is 0 Å². The fourth-order valence-corrected chi connectivity index (χ4v) is 1.86. The fourth-order valence-electron chi connectivity index (χ4n) is 1.86. The van der Waals surface area contributed by atoms with Crippen molar-refractivity contribution in [3.05, 3.63) is 29.6 Å². The molecule has 0 spiro atoms. The molecule has 1 atom stereocenters. The van der Waals surface area contributed by atoms with E-state index in [1.807, 2.05) is 6.92 Å². The Balaban J connectivity index is 2.35. The minimum atomic E-state index is -4.45. The highest BCUT2D eigenvalue weighted by atomic mass is 19.4. The molecule has 0 aliphatic rings. The number of nitrogens with zero attached hydrogens (tertiary/aromatic N) is 2. The van der Waals surface area contributed by atoms with Crippen molar-refractivity contribution in [2.75, 3.05) is 12.8 Å². The van der Waals surface area contributed by atoms with E-state index < -0.39 is 11.7 Å². The average Bonchev–Trinajstić information content (AvgIpc) is 2.88. The molecule has 0 saturated heterocycles. The molecule has 8 heteroatoms. The number of benzene rings is 1. The van der Waals surface area contributed by atoms with Crippen molar-refractivity contribution in [3.8, 4) is 11.5 Å². The Morgan fingerprint density at radius 1 is 1.38 bits per heavy atom. The van der Waals surface area contributed by atoms with Gasteiger partial charge >= 0.3 is 6.18 Å². The molecule has 1 aromatic carbocycles. The number of rotatable bonds is 4. The third-order valence-electron chi connectivity index (χ3n) is 2.99. The molecular weight excluding hydrogens is 287 g/mol. The summed E-state index contributed by atoms with van der Waals surface area (Å²) in [5.41, 5.74) is 4.99. The zero-order chi connectivity index (χ0) is 15.6. The maximum Gasteiger partial charge on any atom is 0.416 e. The lowest BCUT2D eigenvalue weighted by Gasteiger charge is -2.08. The molecule has 0 aliphatic carbocycles. The van der Waals surface area contributed by atoms with Gasteiger partial charge in [0.25, 0.3) is 5.89 Å². The minimum Gasteiger partial charge on any atom is -0.398 e. The van der Waals surface area contributed by atoms with Crippen LogP contribution in [0.2, 0.25) is 0 Å². The van der Waals surface area contributed by atoms with E-state index in [4.69, 9.17) is 15.0 Å². The number of hydrogen-bond acceptors (Lipinski definition) is 5. The van der Waals surface area contributed by atoms with Crippen LogP contribution in [0.1, 0.15) is 30.8 Å². The van der Waals surface area contributed by atoms with Gasteiger partial charge < -0.3 is 15.0 Å². The van der Waals surface area contributed by atoms with Gasteiger partial charge in [0.1, 0.15) is 6.10 Å². The van der Waals surface area contributed by atoms with E-state index >= 15 is 0 Å². The first-order valence-electron chi connectivity index (χ1n) is 6.20. The lowest BCUT2D eigenvalue weighted by molar-refractivity contribution is -0.137. The van der Waals surface area contributed by atoms with Gasteiger partial charge in [-0.15, -0.1) is 0 Å². The second kappa shape index (κ2) is 5.72. The molecule has 2 N–H and O–H groups in total. The molecule has 0 saturated carbocycles. The highest BCUT2D eigenvalue weighted by Crippen LogP contribution is 2.34. The van der Waals surface area contributed by atoms with Gasteiger partial charge in [-0.3, -0.25) is 0 Å². The number of ether oxygens (including phenoxy) is 1. The van der Waals surface area contributed by atoms with Gasteiger partial charge in [-0.05, 0) is 24.6 Å². The molecule has 114 valence electrons. The first-order valence-corrected chi connectivity index (χ1v) is 6.20. The van der Waals surface area contributed by atoms with E-state index in [9.17, 15) is 13.2 Å². The fraction of sp³-hybridized carbons (Fsp3) is 0.385. The van der Waals surface area contributed by atoms with Crippen LogP contribution in [0, 0.1) is 0 Å². The summed E-state index contributed by atoms with van der Waals surface area (Å²) in [5.74, 6) is 0.390. The van der Waals surface area contributed by atoms with Crippen molar-refractivity contribution in [3.63, 3.8) is 0 Å². The van der Waals surface area contributed by atoms with Crippen LogP contribution in [0.15, 0.2) is 22.7 Å². The maximum absolute atomic E-state index is 12.6. The highest BCUT2D eigenvalue weighted by Gasteiger charge is 2.31. The summed E-state index contributed by atoms with van der Waals surface area (Å²) < 4.78 is 47.9. The summed E-state index contributed by atoms with van der Waals surface area (Å²) >= 11 is 0. The van der Waals surface area contributed by atoms with Crippen molar-refractivity contribution >= 4 is 5.69 Å². The monoisotopic (exact) mass is 301 g/mol. The lowest BCUT2D eigenvalue weighted by Crippen LogP contribution is -2.06. The number of halogens is 3. The molecule has 0 radical (unpaired) electrons. The molecule has 0 aliphatic heterocycles. The third kappa shape index (κ3) is 3.15. The van der Waals surface area contributed by atoms with Crippen molar-refractivity contribution in [2.45, 2.75) is 25.6 Å². The average molecular weight is 301 g/mol. The topological polar surface area (TPSA) is 74.2 Å². The first-order chi connectivity index (χ1) is 9.86. The molecule has 0 bridgehead atoms. The van der Waals surface area contributed by atoms with Gasteiger partial charge in [-0.1, -0.05) is 12.1 Å². The number of methoxy groups -OCH3 is 1. The van der Waals surface area contributed by atoms with E-state index in [1.165, 1.54) is 13.2 Å². The summed E-state index contributed by atoms with van der Waals surface area (Å²) in [6, 6.07) is 2.97. The number of alkyl halides is 3. The molecular formula is C13H14F3N3O2. The van der Waals surface area contributed by atoms with Crippen LogP contribution in [-0.4, -0.2) is 17.3 Å². The van der Waals surface area contributed by atoms with Crippen LogP contribution in [-0.2, 0) is 10.9 Å². The highest BCUT2D eigenvalue weighted by molar-refractivity contribution is 5.71. The summed E-state index contributed by atoms with van der Waals surface area (Å²) in [7, 11) is 1.51. The summed E-state index contributed by atoms with van der Waals surface area (Å²) in [5, 5.41) is 3.76.